The third-order valence-corrected chi connectivity index (χ3v) is 3.48. The smallest absolute Gasteiger partial charge is 0.315 e. The van der Waals surface area contributed by atoms with Crippen molar-refractivity contribution in [3.05, 3.63) is 29.8 Å². The molecule has 1 aromatic rings. The number of methoxy groups -OCH3 is 1. The first kappa shape index (κ1) is 15.2. The molecule has 0 bridgehead atoms. The molecule has 6 nitrogen and oxygen atoms in total. The molecule has 1 aliphatic carbocycles. The molecule has 3 N–H and O–H groups in total. The Hall–Kier alpha value is -2.24. The summed E-state index contributed by atoms with van der Waals surface area (Å²) in [5.74, 6) is 0.298. The second-order valence-corrected chi connectivity index (χ2v) is 5.13. The molecule has 1 fully saturated rings. The first-order valence-electron chi connectivity index (χ1n) is 7.00. The second kappa shape index (κ2) is 6.97. The Balaban J connectivity index is 1.92. The average molecular weight is 292 g/mol. The van der Waals surface area contributed by atoms with Gasteiger partial charge in [-0.15, -0.1) is 0 Å². The van der Waals surface area contributed by atoms with Crippen molar-refractivity contribution < 1.29 is 19.4 Å². The highest BCUT2D eigenvalue weighted by molar-refractivity contribution is 5.75. The molecule has 6 heteroatoms. The monoisotopic (exact) mass is 292 g/mol. The topological polar surface area (TPSA) is 87.7 Å². The first-order chi connectivity index (χ1) is 10.1. The van der Waals surface area contributed by atoms with Gasteiger partial charge in [-0.3, -0.25) is 4.79 Å². The van der Waals surface area contributed by atoms with Crippen molar-refractivity contribution in [2.75, 3.05) is 13.7 Å². The van der Waals surface area contributed by atoms with Crippen LogP contribution in [-0.2, 0) is 4.79 Å². The van der Waals surface area contributed by atoms with Crippen LogP contribution in [0.1, 0.15) is 30.9 Å². The van der Waals surface area contributed by atoms with E-state index < -0.39 is 5.97 Å². The van der Waals surface area contributed by atoms with E-state index in [-0.39, 0.29) is 25.0 Å². The van der Waals surface area contributed by atoms with Gasteiger partial charge in [-0.05, 0) is 36.5 Å². The van der Waals surface area contributed by atoms with E-state index in [1.807, 2.05) is 24.3 Å². The molecule has 0 radical (unpaired) electrons. The van der Waals surface area contributed by atoms with E-state index in [1.165, 1.54) is 0 Å². The van der Waals surface area contributed by atoms with E-state index in [0.29, 0.717) is 5.92 Å². The second-order valence-electron chi connectivity index (χ2n) is 5.13. The van der Waals surface area contributed by atoms with Gasteiger partial charge < -0.3 is 20.5 Å². The van der Waals surface area contributed by atoms with Crippen molar-refractivity contribution in [3.63, 3.8) is 0 Å². The lowest BCUT2D eigenvalue weighted by Crippen LogP contribution is -2.39. The molecule has 1 unspecified atom stereocenters. The van der Waals surface area contributed by atoms with E-state index in [9.17, 15) is 9.59 Å². The van der Waals surface area contributed by atoms with E-state index >= 15 is 0 Å². The van der Waals surface area contributed by atoms with Gasteiger partial charge in [0.1, 0.15) is 5.75 Å². The lowest BCUT2D eigenvalue weighted by molar-refractivity contribution is -0.136. The quantitative estimate of drug-likeness (QED) is 0.716. The highest BCUT2D eigenvalue weighted by Crippen LogP contribution is 2.41. The van der Waals surface area contributed by atoms with Crippen LogP contribution in [-0.4, -0.2) is 30.8 Å². The number of carboxylic acids is 1. The normalized spacial score (nSPS) is 15.1. The summed E-state index contributed by atoms with van der Waals surface area (Å²) < 4.78 is 5.13. The number of benzene rings is 1. The van der Waals surface area contributed by atoms with Gasteiger partial charge in [0, 0.05) is 6.54 Å². The molecule has 21 heavy (non-hydrogen) atoms. The lowest BCUT2D eigenvalue weighted by Gasteiger charge is -2.19. The Morgan fingerprint density at radius 3 is 2.52 bits per heavy atom. The van der Waals surface area contributed by atoms with Crippen LogP contribution < -0.4 is 15.4 Å². The Kier molecular flexibility index (Phi) is 5.03. The van der Waals surface area contributed by atoms with Crippen molar-refractivity contribution in [1.29, 1.82) is 0 Å². The van der Waals surface area contributed by atoms with Gasteiger partial charge in [0.2, 0.25) is 0 Å². The Bertz CT molecular complexity index is 497. The van der Waals surface area contributed by atoms with Crippen LogP contribution in [0.3, 0.4) is 0 Å². The number of carbonyl (C=O) groups excluding carboxylic acids is 1. The maximum atomic E-state index is 11.8. The molecule has 0 spiro atoms. The summed E-state index contributed by atoms with van der Waals surface area (Å²) >= 11 is 0. The van der Waals surface area contributed by atoms with E-state index in [2.05, 4.69) is 10.6 Å². The molecular weight excluding hydrogens is 272 g/mol. The molecule has 114 valence electrons. The third kappa shape index (κ3) is 4.66. The SMILES string of the molecule is COc1ccc(C(NC(=O)NCCC(=O)O)C2CC2)cc1. The van der Waals surface area contributed by atoms with E-state index in [1.54, 1.807) is 7.11 Å². The van der Waals surface area contributed by atoms with Crippen molar-refractivity contribution in [3.8, 4) is 5.75 Å². The molecule has 0 aromatic heterocycles. The standard InChI is InChI=1S/C15H20N2O4/c1-21-12-6-4-11(5-7-12)14(10-2-3-10)17-15(20)16-9-8-13(18)19/h4-7,10,14H,2-3,8-9H2,1H3,(H,18,19)(H2,16,17,20). The van der Waals surface area contributed by atoms with Gasteiger partial charge in [-0.1, -0.05) is 12.1 Å². The summed E-state index contributed by atoms with van der Waals surface area (Å²) in [6.45, 7) is 0.126. The number of carboxylic acid groups (broad SMARTS) is 1. The van der Waals surface area contributed by atoms with Crippen LogP contribution in [0.5, 0.6) is 5.75 Å². The molecule has 1 aliphatic rings. The summed E-state index contributed by atoms with van der Waals surface area (Å²) in [7, 11) is 1.61. The summed E-state index contributed by atoms with van der Waals surface area (Å²) in [4.78, 5) is 22.2. The molecule has 0 saturated heterocycles. The number of urea groups is 1. The minimum Gasteiger partial charge on any atom is -0.497 e. The minimum absolute atomic E-state index is 0.0410. The number of rotatable bonds is 7. The Morgan fingerprint density at radius 1 is 1.33 bits per heavy atom. The number of nitrogens with one attached hydrogen (secondary N) is 2. The third-order valence-electron chi connectivity index (χ3n) is 3.48. The van der Waals surface area contributed by atoms with Crippen LogP contribution >= 0.6 is 0 Å². The van der Waals surface area contributed by atoms with Crippen LogP contribution in [0.2, 0.25) is 0 Å². The summed E-state index contributed by atoms with van der Waals surface area (Å²) in [6, 6.07) is 7.26. The summed E-state index contributed by atoms with van der Waals surface area (Å²) in [6.07, 6.45) is 2.10. The van der Waals surface area contributed by atoms with Crippen LogP contribution in [0, 0.1) is 5.92 Å². The van der Waals surface area contributed by atoms with Gasteiger partial charge in [-0.2, -0.15) is 0 Å². The fourth-order valence-electron chi connectivity index (χ4n) is 2.19. The van der Waals surface area contributed by atoms with E-state index in [0.717, 1.165) is 24.2 Å². The number of carbonyl (C=O) groups is 2. The molecule has 1 saturated carbocycles. The molecule has 0 heterocycles. The fraction of sp³-hybridized carbons (Fsp3) is 0.467. The first-order valence-corrected chi connectivity index (χ1v) is 7.00. The Morgan fingerprint density at radius 2 is 2.00 bits per heavy atom. The van der Waals surface area contributed by atoms with Gasteiger partial charge in [0.05, 0.1) is 19.6 Å². The van der Waals surface area contributed by atoms with Crippen molar-refractivity contribution >= 4 is 12.0 Å². The van der Waals surface area contributed by atoms with Crippen LogP contribution in [0.25, 0.3) is 0 Å². The molecule has 2 rings (SSSR count). The van der Waals surface area contributed by atoms with Gasteiger partial charge in [0.15, 0.2) is 0 Å². The summed E-state index contributed by atoms with van der Waals surface area (Å²) in [5.41, 5.74) is 1.03. The summed E-state index contributed by atoms with van der Waals surface area (Å²) in [5, 5.41) is 14.0. The highest BCUT2D eigenvalue weighted by atomic mass is 16.5. The number of hydrogen-bond acceptors (Lipinski definition) is 3. The number of aliphatic carboxylic acids is 1. The Labute approximate surface area is 123 Å². The minimum atomic E-state index is -0.927. The molecule has 1 atom stereocenters. The number of ether oxygens (including phenoxy) is 1. The maximum absolute atomic E-state index is 11.8. The zero-order valence-corrected chi connectivity index (χ0v) is 12.0. The van der Waals surface area contributed by atoms with Gasteiger partial charge in [-0.25, -0.2) is 4.79 Å². The molecular formula is C15H20N2O4. The van der Waals surface area contributed by atoms with Crippen LogP contribution in [0.4, 0.5) is 4.79 Å². The van der Waals surface area contributed by atoms with Crippen molar-refractivity contribution in [2.45, 2.75) is 25.3 Å². The fourth-order valence-corrected chi connectivity index (χ4v) is 2.19. The predicted molar refractivity (Wildman–Crippen MR) is 77.2 cm³/mol. The van der Waals surface area contributed by atoms with Crippen molar-refractivity contribution in [2.24, 2.45) is 5.92 Å². The number of amides is 2. The largest absolute Gasteiger partial charge is 0.497 e. The van der Waals surface area contributed by atoms with Crippen LogP contribution in [0.15, 0.2) is 24.3 Å². The average Bonchev–Trinajstić information content (AvgIpc) is 3.29. The molecule has 2 amide bonds. The van der Waals surface area contributed by atoms with Gasteiger partial charge >= 0.3 is 12.0 Å². The maximum Gasteiger partial charge on any atom is 0.315 e. The zero-order chi connectivity index (χ0) is 15.2. The number of hydrogen-bond donors (Lipinski definition) is 3. The van der Waals surface area contributed by atoms with Gasteiger partial charge in [0.25, 0.3) is 0 Å². The predicted octanol–water partition coefficient (Wildman–Crippen LogP) is 1.92. The van der Waals surface area contributed by atoms with E-state index in [4.69, 9.17) is 9.84 Å². The molecule has 1 aromatic carbocycles. The molecule has 0 aliphatic heterocycles. The zero-order valence-electron chi connectivity index (χ0n) is 12.0. The lowest BCUT2D eigenvalue weighted by atomic mass is 10.0. The highest BCUT2D eigenvalue weighted by Gasteiger charge is 2.33. The van der Waals surface area contributed by atoms with Crippen molar-refractivity contribution in [1.82, 2.24) is 10.6 Å².